The van der Waals surface area contributed by atoms with Crippen LogP contribution in [0.3, 0.4) is 0 Å². The van der Waals surface area contributed by atoms with Crippen LogP contribution in [0.2, 0.25) is 0 Å². The summed E-state index contributed by atoms with van der Waals surface area (Å²) < 4.78 is 5.35. The van der Waals surface area contributed by atoms with E-state index < -0.39 is 5.60 Å². The van der Waals surface area contributed by atoms with Crippen molar-refractivity contribution in [1.29, 1.82) is 0 Å². The number of thiazole rings is 1. The Kier molecular flexibility index (Phi) is 3.33. The smallest absolute Gasteiger partial charge is 0.0964 e. The summed E-state index contributed by atoms with van der Waals surface area (Å²) in [6.07, 6.45) is 2.11. The maximum absolute atomic E-state index is 10.0. The number of aromatic nitrogens is 1. The Bertz CT molecular complexity index is 362. The molecule has 1 aromatic rings. The zero-order chi connectivity index (χ0) is 11.8. The molecule has 0 bridgehead atoms. The fourth-order valence-electron chi connectivity index (χ4n) is 2.10. The molecule has 1 saturated heterocycles. The fraction of sp³-hybridized carbons (Fsp3) is 0.750. The molecular weight excluding hydrogens is 222 g/mol. The van der Waals surface area contributed by atoms with E-state index in [4.69, 9.17) is 4.74 Å². The van der Waals surface area contributed by atoms with E-state index in [1.54, 1.807) is 11.3 Å². The molecule has 0 saturated carbocycles. The maximum Gasteiger partial charge on any atom is 0.0964 e. The summed E-state index contributed by atoms with van der Waals surface area (Å²) in [5, 5.41) is 11.2. The summed E-state index contributed by atoms with van der Waals surface area (Å²) in [5.41, 5.74) is 0.199. The van der Waals surface area contributed by atoms with Crippen molar-refractivity contribution in [2.24, 2.45) is 0 Å². The number of aliphatic hydroxyl groups is 1. The van der Waals surface area contributed by atoms with Gasteiger partial charge in [-0.3, -0.25) is 0 Å². The Hall–Kier alpha value is -0.450. The van der Waals surface area contributed by atoms with Crippen molar-refractivity contribution in [2.45, 2.75) is 45.1 Å². The number of rotatable bonds is 2. The monoisotopic (exact) mass is 241 g/mol. The highest BCUT2D eigenvalue weighted by Gasteiger charge is 2.26. The second-order valence-electron chi connectivity index (χ2n) is 4.91. The number of aryl methyl sites for hydroxylation is 1. The second kappa shape index (κ2) is 4.43. The van der Waals surface area contributed by atoms with Gasteiger partial charge in [-0.2, -0.15) is 0 Å². The summed E-state index contributed by atoms with van der Waals surface area (Å²) >= 11 is 1.66. The largest absolute Gasteiger partial charge is 0.385 e. The summed E-state index contributed by atoms with van der Waals surface area (Å²) in [6.45, 7) is 7.29. The lowest BCUT2D eigenvalue weighted by molar-refractivity contribution is 0.0817. The van der Waals surface area contributed by atoms with E-state index in [2.05, 4.69) is 4.98 Å². The molecule has 0 aromatic carbocycles. The molecule has 1 aromatic heterocycles. The van der Waals surface area contributed by atoms with Crippen LogP contribution in [0, 0.1) is 6.92 Å². The number of hydrogen-bond acceptors (Lipinski definition) is 4. The predicted molar refractivity (Wildman–Crippen MR) is 64.9 cm³/mol. The normalized spacial score (nSPS) is 19.0. The molecule has 2 heterocycles. The molecule has 0 unspecified atom stereocenters. The summed E-state index contributed by atoms with van der Waals surface area (Å²) in [5.74, 6) is 0.522. The lowest BCUT2D eigenvalue weighted by atomic mass is 10.0. The Morgan fingerprint density at radius 1 is 1.38 bits per heavy atom. The van der Waals surface area contributed by atoms with Crippen molar-refractivity contribution in [1.82, 2.24) is 4.98 Å². The van der Waals surface area contributed by atoms with Crippen LogP contribution in [-0.4, -0.2) is 23.3 Å². The van der Waals surface area contributed by atoms with Gasteiger partial charge in [-0.15, -0.1) is 11.3 Å². The van der Waals surface area contributed by atoms with Crippen molar-refractivity contribution < 1.29 is 9.84 Å². The highest BCUT2D eigenvalue weighted by Crippen LogP contribution is 2.36. The zero-order valence-electron chi connectivity index (χ0n) is 10.1. The molecule has 1 N–H and O–H groups in total. The molecule has 0 amide bonds. The summed E-state index contributed by atoms with van der Waals surface area (Å²) in [4.78, 5) is 5.60. The third-order valence-corrected chi connectivity index (χ3v) is 4.57. The van der Waals surface area contributed by atoms with E-state index in [1.807, 2.05) is 20.8 Å². The fourth-order valence-corrected chi connectivity index (χ4v) is 3.34. The minimum Gasteiger partial charge on any atom is -0.385 e. The van der Waals surface area contributed by atoms with E-state index in [0.29, 0.717) is 5.92 Å². The van der Waals surface area contributed by atoms with Crippen LogP contribution in [0.4, 0.5) is 0 Å². The van der Waals surface area contributed by atoms with Crippen molar-refractivity contribution in [3.63, 3.8) is 0 Å². The first kappa shape index (κ1) is 12.0. The molecule has 0 spiro atoms. The van der Waals surface area contributed by atoms with Gasteiger partial charge in [-0.05, 0) is 33.6 Å². The van der Waals surface area contributed by atoms with E-state index >= 15 is 0 Å². The van der Waals surface area contributed by atoms with E-state index in [1.165, 1.54) is 0 Å². The summed E-state index contributed by atoms with van der Waals surface area (Å²) in [7, 11) is 0. The highest BCUT2D eigenvalue weighted by molar-refractivity contribution is 7.12. The first-order valence-electron chi connectivity index (χ1n) is 5.76. The van der Waals surface area contributed by atoms with Gasteiger partial charge in [0, 0.05) is 19.1 Å². The molecule has 1 aliphatic rings. The molecule has 0 radical (unpaired) electrons. The Morgan fingerprint density at radius 2 is 2.00 bits per heavy atom. The Balaban J connectivity index is 2.23. The lowest BCUT2D eigenvalue weighted by Crippen LogP contribution is -2.14. The Labute approximate surface area is 100 Å². The second-order valence-corrected chi connectivity index (χ2v) is 5.94. The number of hydrogen-bond donors (Lipinski definition) is 1. The van der Waals surface area contributed by atoms with Crippen molar-refractivity contribution in [3.8, 4) is 0 Å². The van der Waals surface area contributed by atoms with Gasteiger partial charge in [-0.25, -0.2) is 4.98 Å². The third kappa shape index (κ3) is 2.44. The van der Waals surface area contributed by atoms with E-state index in [-0.39, 0.29) is 0 Å². The van der Waals surface area contributed by atoms with Crippen LogP contribution in [0.5, 0.6) is 0 Å². The molecule has 0 aliphatic carbocycles. The summed E-state index contributed by atoms with van der Waals surface area (Å²) in [6, 6.07) is 0. The van der Waals surface area contributed by atoms with Gasteiger partial charge in [0.05, 0.1) is 21.2 Å². The molecule has 0 atom stereocenters. The molecule has 1 fully saturated rings. The quantitative estimate of drug-likeness (QED) is 0.865. The number of nitrogens with zero attached hydrogens (tertiary/aromatic N) is 1. The van der Waals surface area contributed by atoms with Gasteiger partial charge in [0.2, 0.25) is 0 Å². The van der Waals surface area contributed by atoms with Gasteiger partial charge in [0.1, 0.15) is 0 Å². The topological polar surface area (TPSA) is 42.4 Å². The highest BCUT2D eigenvalue weighted by atomic mass is 32.1. The molecular formula is C12H19NO2S. The van der Waals surface area contributed by atoms with Crippen molar-refractivity contribution in [3.05, 3.63) is 15.6 Å². The first-order chi connectivity index (χ1) is 7.48. The standard InChI is InChI=1S/C12H19NO2S/c1-8-10(12(2,3)14)16-11(13-8)9-4-6-15-7-5-9/h9,14H,4-7H2,1-3H3. The van der Waals surface area contributed by atoms with Gasteiger partial charge >= 0.3 is 0 Å². The molecule has 90 valence electrons. The van der Waals surface area contributed by atoms with Crippen LogP contribution in [-0.2, 0) is 10.3 Å². The third-order valence-electron chi connectivity index (χ3n) is 2.94. The first-order valence-corrected chi connectivity index (χ1v) is 6.58. The zero-order valence-corrected chi connectivity index (χ0v) is 10.9. The van der Waals surface area contributed by atoms with Crippen molar-refractivity contribution >= 4 is 11.3 Å². The minimum atomic E-state index is -0.773. The molecule has 16 heavy (non-hydrogen) atoms. The minimum absolute atomic E-state index is 0.522. The molecule has 2 rings (SSSR count). The van der Waals surface area contributed by atoms with E-state index in [0.717, 1.165) is 41.6 Å². The van der Waals surface area contributed by atoms with Crippen LogP contribution >= 0.6 is 11.3 Å². The predicted octanol–water partition coefficient (Wildman–Crippen LogP) is 2.57. The van der Waals surface area contributed by atoms with Gasteiger partial charge in [0.15, 0.2) is 0 Å². The van der Waals surface area contributed by atoms with Crippen LogP contribution in [0.1, 0.15) is 48.2 Å². The Morgan fingerprint density at radius 3 is 2.50 bits per heavy atom. The van der Waals surface area contributed by atoms with Crippen molar-refractivity contribution in [2.75, 3.05) is 13.2 Å². The molecule has 4 heteroatoms. The van der Waals surface area contributed by atoms with Crippen LogP contribution < -0.4 is 0 Å². The van der Waals surface area contributed by atoms with Gasteiger partial charge in [0.25, 0.3) is 0 Å². The lowest BCUT2D eigenvalue weighted by Gasteiger charge is -2.20. The van der Waals surface area contributed by atoms with Gasteiger partial charge in [-0.1, -0.05) is 0 Å². The average Bonchev–Trinajstić information content (AvgIpc) is 2.61. The SMILES string of the molecule is Cc1nc(C2CCOCC2)sc1C(C)(C)O. The molecule has 1 aliphatic heterocycles. The van der Waals surface area contributed by atoms with Crippen LogP contribution in [0.15, 0.2) is 0 Å². The van der Waals surface area contributed by atoms with E-state index in [9.17, 15) is 5.11 Å². The molecule has 3 nitrogen and oxygen atoms in total. The van der Waals surface area contributed by atoms with Crippen LogP contribution in [0.25, 0.3) is 0 Å². The average molecular weight is 241 g/mol. The number of ether oxygens (including phenoxy) is 1. The maximum atomic E-state index is 10.0. The van der Waals surface area contributed by atoms with Gasteiger partial charge < -0.3 is 9.84 Å².